The number of halogens is 1. The summed E-state index contributed by atoms with van der Waals surface area (Å²) in [5, 5.41) is 11.5. The molecular formula is C10H9BrN4O. The fraction of sp³-hybridized carbons (Fsp3) is 0. The molecule has 16 heavy (non-hydrogen) atoms. The molecule has 3 N–H and O–H groups in total. The fourth-order valence-corrected chi connectivity index (χ4v) is 1.92. The van der Waals surface area contributed by atoms with Crippen LogP contribution in [0.1, 0.15) is 5.56 Å². The van der Waals surface area contributed by atoms with Gasteiger partial charge in [0, 0.05) is 22.4 Å². The number of amidine groups is 1. The molecule has 2 aromatic rings. The van der Waals surface area contributed by atoms with Crippen LogP contribution in [0.25, 0.3) is 5.69 Å². The zero-order valence-corrected chi connectivity index (χ0v) is 9.79. The SMILES string of the molecule is N/C(=N/O)c1ccc(-n2ccnc2)c(Br)c1. The standard InChI is InChI=1S/C10H9BrN4O/c11-8-5-7(10(12)14-16)1-2-9(8)15-4-3-13-6-15/h1-6,16H,(H2,12,14). The number of imidazole rings is 1. The Morgan fingerprint density at radius 2 is 2.31 bits per heavy atom. The number of rotatable bonds is 2. The third kappa shape index (κ3) is 1.92. The van der Waals surface area contributed by atoms with E-state index in [1.807, 2.05) is 16.8 Å². The Balaban J connectivity index is 2.45. The predicted molar refractivity (Wildman–Crippen MR) is 63.8 cm³/mol. The van der Waals surface area contributed by atoms with Gasteiger partial charge in [-0.25, -0.2) is 4.98 Å². The molecule has 0 atom stereocenters. The molecule has 1 heterocycles. The van der Waals surface area contributed by atoms with Gasteiger partial charge in [0.1, 0.15) is 0 Å². The van der Waals surface area contributed by atoms with Crippen LogP contribution in [0, 0.1) is 0 Å². The van der Waals surface area contributed by atoms with Crippen LogP contribution in [0.3, 0.4) is 0 Å². The number of hydrogen-bond donors (Lipinski definition) is 2. The fourth-order valence-electron chi connectivity index (χ4n) is 1.33. The van der Waals surface area contributed by atoms with E-state index < -0.39 is 0 Å². The number of nitrogens with two attached hydrogens (primary N) is 1. The molecule has 1 aromatic carbocycles. The van der Waals surface area contributed by atoms with Gasteiger partial charge in [-0.1, -0.05) is 5.16 Å². The molecule has 0 aliphatic carbocycles. The van der Waals surface area contributed by atoms with E-state index in [-0.39, 0.29) is 5.84 Å². The molecule has 5 nitrogen and oxygen atoms in total. The van der Waals surface area contributed by atoms with E-state index in [9.17, 15) is 0 Å². The Morgan fingerprint density at radius 3 is 2.88 bits per heavy atom. The molecule has 0 unspecified atom stereocenters. The van der Waals surface area contributed by atoms with Crippen molar-refractivity contribution < 1.29 is 5.21 Å². The lowest BCUT2D eigenvalue weighted by Crippen LogP contribution is -2.13. The van der Waals surface area contributed by atoms with Crippen molar-refractivity contribution >= 4 is 21.8 Å². The van der Waals surface area contributed by atoms with Crippen LogP contribution in [0.4, 0.5) is 0 Å². The molecule has 1 aromatic heterocycles. The summed E-state index contributed by atoms with van der Waals surface area (Å²) in [6.07, 6.45) is 5.23. The first-order chi connectivity index (χ1) is 7.72. The number of nitrogens with zero attached hydrogens (tertiary/aromatic N) is 3. The highest BCUT2D eigenvalue weighted by atomic mass is 79.9. The second kappa shape index (κ2) is 4.36. The second-order valence-corrected chi connectivity index (χ2v) is 3.98. The molecule has 82 valence electrons. The zero-order chi connectivity index (χ0) is 11.5. The topological polar surface area (TPSA) is 76.4 Å². The average molecular weight is 281 g/mol. The summed E-state index contributed by atoms with van der Waals surface area (Å²) < 4.78 is 2.70. The molecule has 0 saturated heterocycles. The van der Waals surface area contributed by atoms with Crippen molar-refractivity contribution in [3.63, 3.8) is 0 Å². The third-order valence-electron chi connectivity index (χ3n) is 2.13. The van der Waals surface area contributed by atoms with Crippen molar-refractivity contribution in [2.75, 3.05) is 0 Å². The molecule has 0 aliphatic heterocycles. The van der Waals surface area contributed by atoms with Gasteiger partial charge in [0.15, 0.2) is 5.84 Å². The Morgan fingerprint density at radius 1 is 1.50 bits per heavy atom. The number of aromatic nitrogens is 2. The molecule has 6 heteroatoms. The van der Waals surface area contributed by atoms with Crippen LogP contribution in [-0.2, 0) is 0 Å². The molecule has 0 amide bonds. The number of oxime groups is 1. The monoisotopic (exact) mass is 280 g/mol. The van der Waals surface area contributed by atoms with E-state index in [4.69, 9.17) is 10.9 Å². The van der Waals surface area contributed by atoms with Gasteiger partial charge in [-0.3, -0.25) is 0 Å². The minimum atomic E-state index is 0.0814. The smallest absolute Gasteiger partial charge is 0.170 e. The lowest BCUT2D eigenvalue weighted by atomic mass is 10.2. The first kappa shape index (κ1) is 10.7. The van der Waals surface area contributed by atoms with E-state index in [0.717, 1.165) is 10.2 Å². The number of benzene rings is 1. The molecule has 0 aliphatic rings. The van der Waals surface area contributed by atoms with Crippen LogP contribution in [-0.4, -0.2) is 20.6 Å². The Labute approximate surface area is 100 Å². The van der Waals surface area contributed by atoms with Gasteiger partial charge in [-0.05, 0) is 34.1 Å². The summed E-state index contributed by atoms with van der Waals surface area (Å²) in [5.41, 5.74) is 7.08. The van der Waals surface area contributed by atoms with E-state index in [0.29, 0.717) is 5.56 Å². The lowest BCUT2D eigenvalue weighted by molar-refractivity contribution is 0.318. The highest BCUT2D eigenvalue weighted by molar-refractivity contribution is 9.10. The van der Waals surface area contributed by atoms with Crippen LogP contribution in [0.15, 0.2) is 46.5 Å². The van der Waals surface area contributed by atoms with Crippen molar-refractivity contribution in [1.82, 2.24) is 9.55 Å². The Hall–Kier alpha value is -1.82. The highest BCUT2D eigenvalue weighted by Gasteiger charge is 2.05. The van der Waals surface area contributed by atoms with Gasteiger partial charge < -0.3 is 15.5 Å². The summed E-state index contributed by atoms with van der Waals surface area (Å²) in [7, 11) is 0. The van der Waals surface area contributed by atoms with Gasteiger partial charge >= 0.3 is 0 Å². The van der Waals surface area contributed by atoms with Gasteiger partial charge in [0.2, 0.25) is 0 Å². The van der Waals surface area contributed by atoms with E-state index in [2.05, 4.69) is 26.1 Å². The third-order valence-corrected chi connectivity index (χ3v) is 2.77. The van der Waals surface area contributed by atoms with Crippen molar-refractivity contribution in [3.8, 4) is 5.69 Å². The van der Waals surface area contributed by atoms with E-state index in [1.165, 1.54) is 0 Å². The van der Waals surface area contributed by atoms with Gasteiger partial charge in [-0.2, -0.15) is 0 Å². The first-order valence-corrected chi connectivity index (χ1v) is 5.27. The molecular weight excluding hydrogens is 272 g/mol. The van der Waals surface area contributed by atoms with Gasteiger partial charge in [0.25, 0.3) is 0 Å². The van der Waals surface area contributed by atoms with Crippen molar-refractivity contribution in [2.24, 2.45) is 10.9 Å². The molecule has 0 saturated carbocycles. The van der Waals surface area contributed by atoms with Crippen molar-refractivity contribution in [2.45, 2.75) is 0 Å². The van der Waals surface area contributed by atoms with Crippen LogP contribution in [0.2, 0.25) is 0 Å². The normalized spacial score (nSPS) is 11.7. The zero-order valence-electron chi connectivity index (χ0n) is 8.21. The molecule has 2 rings (SSSR count). The molecule has 0 fully saturated rings. The lowest BCUT2D eigenvalue weighted by Gasteiger charge is -2.07. The number of hydrogen-bond acceptors (Lipinski definition) is 3. The maximum absolute atomic E-state index is 8.56. The van der Waals surface area contributed by atoms with Crippen LogP contribution >= 0.6 is 15.9 Å². The second-order valence-electron chi connectivity index (χ2n) is 3.12. The van der Waals surface area contributed by atoms with Crippen LogP contribution in [0.5, 0.6) is 0 Å². The van der Waals surface area contributed by atoms with Crippen molar-refractivity contribution in [1.29, 1.82) is 0 Å². The summed E-state index contributed by atoms with van der Waals surface area (Å²) in [6, 6.07) is 5.42. The van der Waals surface area contributed by atoms with Gasteiger partial charge in [0.05, 0.1) is 12.0 Å². The maximum atomic E-state index is 8.56. The van der Waals surface area contributed by atoms with Crippen LogP contribution < -0.4 is 5.73 Å². The minimum Gasteiger partial charge on any atom is -0.409 e. The maximum Gasteiger partial charge on any atom is 0.170 e. The summed E-state index contributed by atoms with van der Waals surface area (Å²) in [5.74, 6) is 0.0814. The highest BCUT2D eigenvalue weighted by Crippen LogP contribution is 2.22. The Bertz CT molecular complexity index is 522. The minimum absolute atomic E-state index is 0.0814. The first-order valence-electron chi connectivity index (χ1n) is 4.48. The van der Waals surface area contributed by atoms with Crippen molar-refractivity contribution in [3.05, 3.63) is 47.0 Å². The average Bonchev–Trinajstić information content (AvgIpc) is 2.81. The summed E-state index contributed by atoms with van der Waals surface area (Å²) in [4.78, 5) is 3.97. The molecule has 0 radical (unpaired) electrons. The quantitative estimate of drug-likeness (QED) is 0.381. The molecule has 0 spiro atoms. The summed E-state index contributed by atoms with van der Waals surface area (Å²) >= 11 is 3.43. The molecule has 0 bridgehead atoms. The summed E-state index contributed by atoms with van der Waals surface area (Å²) in [6.45, 7) is 0. The predicted octanol–water partition coefficient (Wildman–Crippen LogP) is 1.73. The van der Waals surface area contributed by atoms with E-state index in [1.54, 1.807) is 24.7 Å². The van der Waals surface area contributed by atoms with E-state index >= 15 is 0 Å². The largest absolute Gasteiger partial charge is 0.409 e. The Kier molecular flexibility index (Phi) is 2.91. The van der Waals surface area contributed by atoms with Gasteiger partial charge in [-0.15, -0.1) is 0 Å².